The van der Waals surface area contributed by atoms with Crippen LogP contribution in [0.3, 0.4) is 0 Å². The van der Waals surface area contributed by atoms with Gasteiger partial charge in [0.25, 0.3) is 11.5 Å². The van der Waals surface area contributed by atoms with Crippen molar-refractivity contribution >= 4 is 17.7 Å². The molecule has 1 aromatic heterocycles. The molecule has 2 aliphatic rings. The molecule has 0 unspecified atom stereocenters. The Balaban J connectivity index is 1.39. The third-order valence-electron chi connectivity index (χ3n) is 4.11. The van der Waals surface area contributed by atoms with E-state index in [-0.39, 0.29) is 17.0 Å². The molecular weight excluding hydrogens is 342 g/mol. The molecule has 0 fully saturated rings. The van der Waals surface area contributed by atoms with E-state index in [2.05, 4.69) is 10.3 Å². The molecule has 0 bridgehead atoms. The number of carbonyl (C=O) groups excluding carboxylic acids is 1. The Morgan fingerprint density at radius 3 is 3.00 bits per heavy atom. The zero-order chi connectivity index (χ0) is 17.2. The van der Waals surface area contributed by atoms with Gasteiger partial charge in [0.05, 0.1) is 0 Å². The maximum absolute atomic E-state index is 12.3. The van der Waals surface area contributed by atoms with Crippen LogP contribution in [0.15, 0.2) is 34.3 Å². The first kappa shape index (κ1) is 16.0. The van der Waals surface area contributed by atoms with Gasteiger partial charge in [-0.05, 0) is 24.1 Å². The summed E-state index contributed by atoms with van der Waals surface area (Å²) in [5.41, 5.74) is 0.852. The van der Waals surface area contributed by atoms with Gasteiger partial charge in [0.2, 0.25) is 0 Å². The lowest BCUT2D eigenvalue weighted by Gasteiger charge is -2.18. The Kier molecular flexibility index (Phi) is 4.35. The highest BCUT2D eigenvalue weighted by molar-refractivity contribution is 7.99. The Morgan fingerprint density at radius 2 is 2.12 bits per heavy atom. The number of nitrogens with one attached hydrogen (secondary N) is 1. The monoisotopic (exact) mass is 359 g/mol. The van der Waals surface area contributed by atoms with Crippen molar-refractivity contribution in [3.8, 4) is 11.5 Å². The smallest absolute Gasteiger partial charge is 0.267 e. The minimum absolute atomic E-state index is 0.0911. The first-order chi connectivity index (χ1) is 12.2. The van der Waals surface area contributed by atoms with Crippen molar-refractivity contribution in [2.24, 2.45) is 0 Å². The van der Waals surface area contributed by atoms with Crippen LogP contribution in [0.25, 0.3) is 0 Å². The zero-order valence-corrected chi connectivity index (χ0v) is 14.3. The molecule has 130 valence electrons. The Labute approximate surface area is 148 Å². The largest absolute Gasteiger partial charge is 0.486 e. The third kappa shape index (κ3) is 3.21. The summed E-state index contributed by atoms with van der Waals surface area (Å²) in [6, 6.07) is 5.74. The highest BCUT2D eigenvalue weighted by Crippen LogP contribution is 2.30. The fourth-order valence-electron chi connectivity index (χ4n) is 2.83. The molecule has 1 aromatic carbocycles. The second-order valence-electron chi connectivity index (χ2n) is 5.74. The van der Waals surface area contributed by atoms with Gasteiger partial charge in [-0.2, -0.15) is 0 Å². The van der Waals surface area contributed by atoms with E-state index in [4.69, 9.17) is 9.47 Å². The van der Waals surface area contributed by atoms with Gasteiger partial charge in [-0.1, -0.05) is 17.8 Å². The molecule has 1 N–H and O–H groups in total. The van der Waals surface area contributed by atoms with Crippen LogP contribution in [0.1, 0.15) is 15.9 Å². The molecule has 4 rings (SSSR count). The van der Waals surface area contributed by atoms with Gasteiger partial charge in [0, 0.05) is 25.0 Å². The zero-order valence-electron chi connectivity index (χ0n) is 13.5. The van der Waals surface area contributed by atoms with Crippen molar-refractivity contribution < 1.29 is 14.3 Å². The number of aromatic nitrogens is 2. The van der Waals surface area contributed by atoms with Gasteiger partial charge in [0.1, 0.15) is 18.8 Å². The normalized spacial score (nSPS) is 14.9. The number of rotatable bonds is 4. The van der Waals surface area contributed by atoms with E-state index in [0.29, 0.717) is 37.9 Å². The van der Waals surface area contributed by atoms with E-state index >= 15 is 0 Å². The van der Waals surface area contributed by atoms with Crippen LogP contribution in [-0.2, 0) is 13.0 Å². The van der Waals surface area contributed by atoms with E-state index in [0.717, 1.165) is 22.8 Å². The van der Waals surface area contributed by atoms with Crippen LogP contribution in [0.2, 0.25) is 0 Å². The Hall–Kier alpha value is -2.48. The number of nitrogens with zero attached hydrogens (tertiary/aromatic N) is 2. The van der Waals surface area contributed by atoms with Crippen molar-refractivity contribution in [2.45, 2.75) is 18.1 Å². The van der Waals surface area contributed by atoms with Gasteiger partial charge >= 0.3 is 0 Å². The summed E-state index contributed by atoms with van der Waals surface area (Å²) in [7, 11) is 0. The van der Waals surface area contributed by atoms with Gasteiger partial charge < -0.3 is 14.8 Å². The number of thioether (sulfide) groups is 1. The van der Waals surface area contributed by atoms with Crippen LogP contribution in [0.5, 0.6) is 11.5 Å². The van der Waals surface area contributed by atoms with Gasteiger partial charge in [0.15, 0.2) is 16.7 Å². The van der Waals surface area contributed by atoms with Gasteiger partial charge in [-0.25, -0.2) is 4.98 Å². The SMILES string of the molecule is O=C(NCCc1ccc2c(c1)OCCO2)c1cnc2n(c1=O)CCS2. The fraction of sp³-hybridized carbons (Fsp3) is 0.353. The second kappa shape index (κ2) is 6.79. The molecule has 8 heteroatoms. The fourth-order valence-corrected chi connectivity index (χ4v) is 3.75. The third-order valence-corrected chi connectivity index (χ3v) is 5.08. The number of carbonyl (C=O) groups is 1. The van der Waals surface area contributed by atoms with Crippen molar-refractivity contribution in [1.29, 1.82) is 0 Å². The summed E-state index contributed by atoms with van der Waals surface area (Å²) in [6.07, 6.45) is 2.00. The highest BCUT2D eigenvalue weighted by atomic mass is 32.2. The first-order valence-corrected chi connectivity index (χ1v) is 9.10. The molecule has 0 spiro atoms. The quantitative estimate of drug-likeness (QED) is 0.823. The molecule has 2 aromatic rings. The van der Waals surface area contributed by atoms with E-state index < -0.39 is 0 Å². The van der Waals surface area contributed by atoms with Crippen molar-refractivity contribution in [2.75, 3.05) is 25.5 Å². The van der Waals surface area contributed by atoms with Crippen molar-refractivity contribution in [1.82, 2.24) is 14.9 Å². The predicted octanol–water partition coefficient (Wildman–Crippen LogP) is 1.09. The average Bonchev–Trinajstić information content (AvgIpc) is 3.11. The molecule has 1 amide bonds. The second-order valence-corrected chi connectivity index (χ2v) is 6.81. The van der Waals surface area contributed by atoms with Gasteiger partial charge in [-0.15, -0.1) is 0 Å². The lowest BCUT2D eigenvalue weighted by atomic mass is 10.1. The molecule has 0 radical (unpaired) electrons. The van der Waals surface area contributed by atoms with E-state index in [1.807, 2.05) is 18.2 Å². The Morgan fingerprint density at radius 1 is 1.28 bits per heavy atom. The number of ether oxygens (including phenoxy) is 2. The van der Waals surface area contributed by atoms with Crippen LogP contribution in [0.4, 0.5) is 0 Å². The Bertz CT molecular complexity index is 881. The van der Waals surface area contributed by atoms with Crippen LogP contribution >= 0.6 is 11.8 Å². The van der Waals surface area contributed by atoms with Crippen LogP contribution in [-0.4, -0.2) is 41.0 Å². The van der Waals surface area contributed by atoms with Crippen LogP contribution in [0, 0.1) is 0 Å². The number of fused-ring (bicyclic) bond motifs is 2. The first-order valence-electron chi connectivity index (χ1n) is 8.12. The molecule has 2 aliphatic heterocycles. The van der Waals surface area contributed by atoms with E-state index in [9.17, 15) is 9.59 Å². The molecule has 7 nitrogen and oxygen atoms in total. The number of hydrogen-bond donors (Lipinski definition) is 1. The van der Waals surface area contributed by atoms with Crippen molar-refractivity contribution in [3.05, 3.63) is 45.9 Å². The average molecular weight is 359 g/mol. The lowest BCUT2D eigenvalue weighted by molar-refractivity contribution is 0.0951. The molecule has 25 heavy (non-hydrogen) atoms. The van der Waals surface area contributed by atoms with Gasteiger partial charge in [-0.3, -0.25) is 14.2 Å². The topological polar surface area (TPSA) is 82.4 Å². The number of hydrogen-bond acceptors (Lipinski definition) is 6. The summed E-state index contributed by atoms with van der Waals surface area (Å²) >= 11 is 1.53. The molecule has 0 atom stereocenters. The maximum atomic E-state index is 12.3. The van der Waals surface area contributed by atoms with E-state index in [1.165, 1.54) is 18.0 Å². The molecule has 0 saturated heterocycles. The molecule has 3 heterocycles. The minimum atomic E-state index is -0.387. The molecule has 0 saturated carbocycles. The summed E-state index contributed by atoms with van der Waals surface area (Å²) in [6.45, 7) is 2.13. The summed E-state index contributed by atoms with van der Waals surface area (Å²) in [5.74, 6) is 1.90. The molecule has 0 aliphatic carbocycles. The summed E-state index contributed by atoms with van der Waals surface area (Å²) in [4.78, 5) is 28.8. The maximum Gasteiger partial charge on any atom is 0.267 e. The standard InChI is InChI=1S/C17H17N3O4S/c21-15(12-10-19-17-20(16(12)22)5-8-25-17)18-4-3-11-1-2-13-14(9-11)24-7-6-23-13/h1-2,9-10H,3-8H2,(H,18,21). The summed E-state index contributed by atoms with van der Waals surface area (Å²) < 4.78 is 12.6. The lowest BCUT2D eigenvalue weighted by Crippen LogP contribution is -2.34. The van der Waals surface area contributed by atoms with E-state index in [1.54, 1.807) is 4.57 Å². The highest BCUT2D eigenvalue weighted by Gasteiger charge is 2.19. The number of amides is 1. The number of benzene rings is 1. The van der Waals surface area contributed by atoms with Crippen molar-refractivity contribution in [3.63, 3.8) is 0 Å². The molecular formula is C17H17N3O4S. The van der Waals surface area contributed by atoms with Crippen LogP contribution < -0.4 is 20.3 Å². The summed E-state index contributed by atoms with van der Waals surface area (Å²) in [5, 5.41) is 3.47. The minimum Gasteiger partial charge on any atom is -0.486 e. The predicted molar refractivity (Wildman–Crippen MR) is 92.7 cm³/mol.